The van der Waals surface area contributed by atoms with Crippen LogP contribution in [0.1, 0.15) is 42.6 Å². The summed E-state index contributed by atoms with van der Waals surface area (Å²) in [5, 5.41) is 4.13. The zero-order valence-corrected chi connectivity index (χ0v) is 10.5. The number of aryl methyl sites for hydroxylation is 1. The molecule has 5 nitrogen and oxygen atoms in total. The number of carbonyl (C=O) groups excluding carboxylic acids is 1. The first-order valence-electron chi connectivity index (χ1n) is 6.16. The van der Waals surface area contributed by atoms with Crippen molar-refractivity contribution in [1.29, 1.82) is 0 Å². The van der Waals surface area contributed by atoms with E-state index in [1.807, 2.05) is 7.05 Å². The Morgan fingerprint density at radius 3 is 2.65 bits per heavy atom. The number of hydrogen-bond donors (Lipinski definition) is 1. The van der Waals surface area contributed by atoms with E-state index in [9.17, 15) is 4.79 Å². The van der Waals surface area contributed by atoms with Crippen LogP contribution in [-0.4, -0.2) is 33.7 Å². The maximum Gasteiger partial charge on any atom is 0.276 e. The van der Waals surface area contributed by atoms with Gasteiger partial charge in [0.25, 0.3) is 5.91 Å². The zero-order chi connectivity index (χ0) is 12.4. The molecule has 17 heavy (non-hydrogen) atoms. The van der Waals surface area contributed by atoms with E-state index >= 15 is 0 Å². The molecule has 0 aromatic carbocycles. The molecule has 1 fully saturated rings. The molecule has 5 heteroatoms. The number of hydrogen-bond acceptors (Lipinski definition) is 3. The second kappa shape index (κ2) is 4.77. The van der Waals surface area contributed by atoms with Gasteiger partial charge in [-0.1, -0.05) is 19.3 Å². The van der Waals surface area contributed by atoms with Crippen molar-refractivity contribution in [2.45, 2.75) is 38.1 Å². The van der Waals surface area contributed by atoms with Gasteiger partial charge in [-0.15, -0.1) is 0 Å². The Balaban J connectivity index is 2.11. The fourth-order valence-corrected chi connectivity index (χ4v) is 2.47. The van der Waals surface area contributed by atoms with Crippen molar-refractivity contribution in [3.63, 3.8) is 0 Å². The summed E-state index contributed by atoms with van der Waals surface area (Å²) in [5.74, 6) is -0.0602. The fraction of sp³-hybridized carbons (Fsp3) is 0.667. The van der Waals surface area contributed by atoms with Gasteiger partial charge in [-0.2, -0.15) is 5.10 Å². The Kier molecular flexibility index (Phi) is 3.36. The van der Waals surface area contributed by atoms with Crippen molar-refractivity contribution in [3.05, 3.63) is 11.9 Å². The van der Waals surface area contributed by atoms with E-state index < -0.39 is 0 Å². The lowest BCUT2D eigenvalue weighted by Crippen LogP contribution is -2.38. The van der Waals surface area contributed by atoms with Crippen molar-refractivity contribution in [2.75, 3.05) is 12.8 Å². The summed E-state index contributed by atoms with van der Waals surface area (Å²) in [5.41, 5.74) is 6.61. The largest absolute Gasteiger partial charge is 0.396 e. The van der Waals surface area contributed by atoms with E-state index in [1.54, 1.807) is 22.8 Å². The summed E-state index contributed by atoms with van der Waals surface area (Å²) in [6, 6.07) is 0.345. The third-order valence-corrected chi connectivity index (χ3v) is 3.50. The van der Waals surface area contributed by atoms with Crippen LogP contribution < -0.4 is 5.73 Å². The van der Waals surface area contributed by atoms with Crippen LogP contribution in [0.15, 0.2) is 6.20 Å². The van der Waals surface area contributed by atoms with Crippen molar-refractivity contribution < 1.29 is 4.79 Å². The molecule has 1 aromatic rings. The summed E-state index contributed by atoms with van der Waals surface area (Å²) >= 11 is 0. The monoisotopic (exact) mass is 236 g/mol. The van der Waals surface area contributed by atoms with Crippen LogP contribution in [0.2, 0.25) is 0 Å². The van der Waals surface area contributed by atoms with Gasteiger partial charge >= 0.3 is 0 Å². The van der Waals surface area contributed by atoms with Gasteiger partial charge in [-0.05, 0) is 12.8 Å². The molecule has 1 amide bonds. The normalized spacial score (nSPS) is 17.1. The topological polar surface area (TPSA) is 64.2 Å². The van der Waals surface area contributed by atoms with Crippen molar-refractivity contribution in [2.24, 2.45) is 7.05 Å². The second-order valence-electron chi connectivity index (χ2n) is 4.81. The average Bonchev–Trinajstić information content (AvgIpc) is 2.68. The molecular formula is C12H20N4O. The predicted molar refractivity (Wildman–Crippen MR) is 66.6 cm³/mol. The molecule has 0 radical (unpaired) electrons. The van der Waals surface area contributed by atoms with Gasteiger partial charge < -0.3 is 10.6 Å². The van der Waals surface area contributed by atoms with Crippen LogP contribution in [0.4, 0.5) is 5.69 Å². The first-order valence-corrected chi connectivity index (χ1v) is 6.16. The maximum atomic E-state index is 12.2. The second-order valence-corrected chi connectivity index (χ2v) is 4.81. The average molecular weight is 236 g/mol. The molecule has 2 rings (SSSR count). The SMILES string of the molecule is CN(C(=O)c1nn(C)cc1N)C1CCCCC1. The van der Waals surface area contributed by atoms with Crippen molar-refractivity contribution in [3.8, 4) is 0 Å². The summed E-state index contributed by atoms with van der Waals surface area (Å²) in [6.45, 7) is 0. The van der Waals surface area contributed by atoms with Gasteiger partial charge in [-0.3, -0.25) is 9.48 Å². The number of nitrogens with two attached hydrogens (primary N) is 1. The molecule has 1 aliphatic carbocycles. The quantitative estimate of drug-likeness (QED) is 0.844. The summed E-state index contributed by atoms with van der Waals surface area (Å²) in [6.07, 6.45) is 7.55. The van der Waals surface area contributed by atoms with E-state index in [1.165, 1.54) is 19.3 Å². The van der Waals surface area contributed by atoms with Crippen LogP contribution in [0.3, 0.4) is 0 Å². The lowest BCUT2D eigenvalue weighted by Gasteiger charge is -2.30. The van der Waals surface area contributed by atoms with E-state index in [2.05, 4.69) is 5.10 Å². The number of carbonyl (C=O) groups is 1. The van der Waals surface area contributed by atoms with Gasteiger partial charge in [0, 0.05) is 26.3 Å². The molecular weight excluding hydrogens is 216 g/mol. The molecule has 2 N–H and O–H groups in total. The smallest absolute Gasteiger partial charge is 0.276 e. The number of nitrogen functional groups attached to an aromatic ring is 1. The molecule has 0 unspecified atom stereocenters. The van der Waals surface area contributed by atoms with E-state index in [0.717, 1.165) is 12.8 Å². The minimum atomic E-state index is -0.0602. The molecule has 1 aromatic heterocycles. The lowest BCUT2D eigenvalue weighted by atomic mass is 9.94. The highest BCUT2D eigenvalue weighted by Gasteiger charge is 2.25. The van der Waals surface area contributed by atoms with Crippen LogP contribution >= 0.6 is 0 Å². The lowest BCUT2D eigenvalue weighted by molar-refractivity contribution is 0.0690. The Morgan fingerprint density at radius 1 is 1.47 bits per heavy atom. The van der Waals surface area contributed by atoms with Crippen LogP contribution in [0.25, 0.3) is 0 Å². The molecule has 1 aliphatic rings. The number of anilines is 1. The number of aromatic nitrogens is 2. The Labute approximate surface area is 102 Å². The van der Waals surface area contributed by atoms with E-state index in [-0.39, 0.29) is 5.91 Å². The van der Waals surface area contributed by atoms with Crippen molar-refractivity contribution >= 4 is 11.6 Å². The third-order valence-electron chi connectivity index (χ3n) is 3.50. The van der Waals surface area contributed by atoms with Crippen LogP contribution in [-0.2, 0) is 7.05 Å². The summed E-state index contributed by atoms with van der Waals surface area (Å²) in [4.78, 5) is 14.1. The summed E-state index contributed by atoms with van der Waals surface area (Å²) in [7, 11) is 3.63. The minimum absolute atomic E-state index is 0.0602. The third kappa shape index (κ3) is 2.43. The highest BCUT2D eigenvalue weighted by atomic mass is 16.2. The van der Waals surface area contributed by atoms with Gasteiger partial charge in [0.2, 0.25) is 0 Å². The van der Waals surface area contributed by atoms with Crippen molar-refractivity contribution in [1.82, 2.24) is 14.7 Å². The van der Waals surface area contributed by atoms with Gasteiger partial charge in [-0.25, -0.2) is 0 Å². The number of amides is 1. The Bertz CT molecular complexity index is 407. The number of rotatable bonds is 2. The number of nitrogens with zero attached hydrogens (tertiary/aromatic N) is 3. The van der Waals surface area contributed by atoms with Gasteiger partial charge in [0.15, 0.2) is 5.69 Å². The molecule has 1 saturated carbocycles. The van der Waals surface area contributed by atoms with E-state index in [0.29, 0.717) is 17.4 Å². The molecule has 1 heterocycles. The maximum absolute atomic E-state index is 12.2. The first-order chi connectivity index (χ1) is 8.09. The fourth-order valence-electron chi connectivity index (χ4n) is 2.47. The van der Waals surface area contributed by atoms with Gasteiger partial charge in [0.1, 0.15) is 0 Å². The van der Waals surface area contributed by atoms with Gasteiger partial charge in [0.05, 0.1) is 5.69 Å². The molecule has 0 saturated heterocycles. The first kappa shape index (κ1) is 12.0. The zero-order valence-electron chi connectivity index (χ0n) is 10.5. The molecule has 0 bridgehead atoms. The van der Waals surface area contributed by atoms with Crippen LogP contribution in [0, 0.1) is 0 Å². The standard InChI is InChI=1S/C12H20N4O/c1-15-8-10(13)11(14-15)12(17)16(2)9-6-4-3-5-7-9/h8-9H,3-7,13H2,1-2H3. The van der Waals surface area contributed by atoms with Crippen LogP contribution in [0.5, 0.6) is 0 Å². The minimum Gasteiger partial charge on any atom is -0.396 e. The predicted octanol–water partition coefficient (Wildman–Crippen LogP) is 1.41. The Hall–Kier alpha value is -1.52. The highest BCUT2D eigenvalue weighted by molar-refractivity contribution is 5.97. The molecule has 94 valence electrons. The molecule has 0 spiro atoms. The van der Waals surface area contributed by atoms with E-state index in [4.69, 9.17) is 5.73 Å². The molecule has 0 aliphatic heterocycles. The Morgan fingerprint density at radius 2 is 2.12 bits per heavy atom. The highest BCUT2D eigenvalue weighted by Crippen LogP contribution is 2.23. The molecule has 0 atom stereocenters. The summed E-state index contributed by atoms with van der Waals surface area (Å²) < 4.78 is 1.58.